The summed E-state index contributed by atoms with van der Waals surface area (Å²) in [5.41, 5.74) is -2.54. The lowest BCUT2D eigenvalue weighted by Gasteiger charge is -2.25. The molecule has 6 nitrogen and oxygen atoms in total. The Balaban J connectivity index is 2.55. The third kappa shape index (κ3) is 4.41. The van der Waals surface area contributed by atoms with E-state index in [0.717, 1.165) is 17.2 Å². The summed E-state index contributed by atoms with van der Waals surface area (Å²) in [6.45, 7) is 5.03. The van der Waals surface area contributed by atoms with Crippen LogP contribution in [0.15, 0.2) is 35.4 Å². The van der Waals surface area contributed by atoms with Gasteiger partial charge in [-0.3, -0.25) is 14.7 Å². The second kappa shape index (κ2) is 6.81. The number of nitrogens with one attached hydrogen (secondary N) is 1. The number of hydrogen-bond donors (Lipinski definition) is 1. The average molecular weight is 369 g/mol. The van der Waals surface area contributed by atoms with Crippen LogP contribution in [0, 0.1) is 0 Å². The number of rotatable bonds is 2. The van der Waals surface area contributed by atoms with Gasteiger partial charge in [-0.05, 0) is 44.5 Å². The molecular formula is C17H18F3N3O3. The molecular weight excluding hydrogens is 351 g/mol. The lowest BCUT2D eigenvalue weighted by Crippen LogP contribution is -2.35. The number of aromatic amines is 1. The molecule has 0 fully saturated rings. The largest absolute Gasteiger partial charge is 0.443 e. The molecule has 0 saturated carbocycles. The quantitative estimate of drug-likeness (QED) is 0.873. The first-order chi connectivity index (χ1) is 11.9. The minimum Gasteiger partial charge on any atom is -0.443 e. The van der Waals surface area contributed by atoms with Crippen molar-refractivity contribution in [1.29, 1.82) is 0 Å². The zero-order valence-electron chi connectivity index (χ0n) is 14.6. The van der Waals surface area contributed by atoms with Crippen LogP contribution in [0.3, 0.4) is 0 Å². The maximum Gasteiger partial charge on any atom is 0.433 e. The lowest BCUT2D eigenvalue weighted by molar-refractivity contribution is -0.141. The van der Waals surface area contributed by atoms with Crippen LogP contribution in [0.25, 0.3) is 11.1 Å². The third-order valence-corrected chi connectivity index (χ3v) is 3.31. The SMILES string of the molecule is CN(C(=O)OC(C)(C)C)c1cc[nH]c(=O)c1-c1ccnc(C(F)(F)F)c1. The Morgan fingerprint density at radius 1 is 1.23 bits per heavy atom. The summed E-state index contributed by atoms with van der Waals surface area (Å²) in [7, 11) is 1.37. The van der Waals surface area contributed by atoms with Gasteiger partial charge in [0.2, 0.25) is 0 Å². The number of hydrogen-bond acceptors (Lipinski definition) is 4. The van der Waals surface area contributed by atoms with Crippen molar-refractivity contribution in [2.45, 2.75) is 32.5 Å². The number of carbonyl (C=O) groups excluding carboxylic acids is 1. The Hall–Kier alpha value is -2.84. The summed E-state index contributed by atoms with van der Waals surface area (Å²) in [4.78, 5) is 31.3. The topological polar surface area (TPSA) is 75.3 Å². The molecule has 0 aliphatic rings. The predicted octanol–water partition coefficient (Wildman–Crippen LogP) is 3.83. The van der Waals surface area contributed by atoms with Crippen LogP contribution in [0.4, 0.5) is 23.7 Å². The van der Waals surface area contributed by atoms with Gasteiger partial charge < -0.3 is 9.72 Å². The minimum atomic E-state index is -4.66. The Bertz CT molecular complexity index is 870. The molecule has 0 bridgehead atoms. The molecule has 2 aromatic heterocycles. The fraction of sp³-hybridized carbons (Fsp3) is 0.353. The van der Waals surface area contributed by atoms with Gasteiger partial charge in [-0.25, -0.2) is 4.79 Å². The molecule has 2 aromatic rings. The van der Waals surface area contributed by atoms with Gasteiger partial charge in [-0.15, -0.1) is 0 Å². The zero-order chi connectivity index (χ0) is 19.7. The van der Waals surface area contributed by atoms with E-state index in [0.29, 0.717) is 0 Å². The predicted molar refractivity (Wildman–Crippen MR) is 89.9 cm³/mol. The number of nitrogens with zero attached hydrogens (tertiary/aromatic N) is 2. The van der Waals surface area contributed by atoms with Gasteiger partial charge in [0, 0.05) is 19.4 Å². The van der Waals surface area contributed by atoms with Crippen molar-refractivity contribution in [1.82, 2.24) is 9.97 Å². The summed E-state index contributed by atoms with van der Waals surface area (Å²) in [5.74, 6) is 0. The van der Waals surface area contributed by atoms with Gasteiger partial charge in [0.15, 0.2) is 0 Å². The van der Waals surface area contributed by atoms with Crippen LogP contribution in [-0.2, 0) is 10.9 Å². The van der Waals surface area contributed by atoms with Crippen LogP contribution in [-0.4, -0.2) is 28.7 Å². The molecule has 0 unspecified atom stereocenters. The number of alkyl halides is 3. The molecule has 0 aromatic carbocycles. The molecule has 2 heterocycles. The number of aromatic nitrogens is 2. The van der Waals surface area contributed by atoms with Gasteiger partial charge >= 0.3 is 12.3 Å². The van der Waals surface area contributed by atoms with E-state index in [4.69, 9.17) is 4.74 Å². The highest BCUT2D eigenvalue weighted by molar-refractivity contribution is 5.93. The van der Waals surface area contributed by atoms with Crippen molar-refractivity contribution in [3.05, 3.63) is 46.6 Å². The van der Waals surface area contributed by atoms with Crippen molar-refractivity contribution in [3.63, 3.8) is 0 Å². The molecule has 1 amide bonds. The molecule has 140 valence electrons. The monoisotopic (exact) mass is 369 g/mol. The van der Waals surface area contributed by atoms with Crippen molar-refractivity contribution >= 4 is 11.8 Å². The van der Waals surface area contributed by atoms with Crippen molar-refractivity contribution in [2.75, 3.05) is 11.9 Å². The van der Waals surface area contributed by atoms with E-state index >= 15 is 0 Å². The Labute approximate surface area is 147 Å². The summed E-state index contributed by atoms with van der Waals surface area (Å²) in [6.07, 6.45) is -3.14. The number of ether oxygens (including phenoxy) is 1. The highest BCUT2D eigenvalue weighted by Crippen LogP contribution is 2.32. The van der Waals surface area contributed by atoms with Crippen molar-refractivity contribution in [2.24, 2.45) is 0 Å². The first-order valence-corrected chi connectivity index (χ1v) is 7.62. The van der Waals surface area contributed by atoms with E-state index in [-0.39, 0.29) is 16.8 Å². The number of carbonyl (C=O) groups is 1. The normalized spacial score (nSPS) is 12.0. The van der Waals surface area contributed by atoms with Crippen LogP contribution in [0.5, 0.6) is 0 Å². The number of amides is 1. The van der Waals surface area contributed by atoms with E-state index in [1.54, 1.807) is 20.8 Å². The number of H-pyrrole nitrogens is 1. The molecule has 26 heavy (non-hydrogen) atoms. The maximum absolute atomic E-state index is 12.9. The van der Waals surface area contributed by atoms with Crippen molar-refractivity contribution < 1.29 is 22.7 Å². The molecule has 0 aliphatic heterocycles. The Kier molecular flexibility index (Phi) is 5.11. The lowest BCUT2D eigenvalue weighted by atomic mass is 10.1. The smallest absolute Gasteiger partial charge is 0.433 e. The highest BCUT2D eigenvalue weighted by Gasteiger charge is 2.33. The van der Waals surface area contributed by atoms with E-state index < -0.39 is 29.1 Å². The molecule has 0 radical (unpaired) electrons. The molecule has 9 heteroatoms. The Morgan fingerprint density at radius 2 is 1.88 bits per heavy atom. The van der Waals surface area contributed by atoms with E-state index in [1.807, 2.05) is 0 Å². The average Bonchev–Trinajstić information content (AvgIpc) is 2.51. The molecule has 1 N–H and O–H groups in total. The van der Waals surface area contributed by atoms with E-state index in [9.17, 15) is 22.8 Å². The minimum absolute atomic E-state index is 0.0143. The summed E-state index contributed by atoms with van der Waals surface area (Å²) >= 11 is 0. The molecule has 0 aliphatic carbocycles. The van der Waals surface area contributed by atoms with E-state index in [2.05, 4.69) is 9.97 Å². The van der Waals surface area contributed by atoms with Crippen LogP contribution >= 0.6 is 0 Å². The summed E-state index contributed by atoms with van der Waals surface area (Å²) in [6, 6.07) is 3.44. The van der Waals surface area contributed by atoms with Crippen LogP contribution < -0.4 is 10.5 Å². The first kappa shape index (κ1) is 19.5. The van der Waals surface area contributed by atoms with Gasteiger partial charge in [0.05, 0.1) is 11.3 Å². The highest BCUT2D eigenvalue weighted by atomic mass is 19.4. The van der Waals surface area contributed by atoms with Crippen LogP contribution in [0.1, 0.15) is 26.5 Å². The Morgan fingerprint density at radius 3 is 2.46 bits per heavy atom. The molecule has 0 spiro atoms. The van der Waals surface area contributed by atoms with Gasteiger partial charge in [0.1, 0.15) is 11.3 Å². The second-order valence-corrected chi connectivity index (χ2v) is 6.53. The number of anilines is 1. The fourth-order valence-electron chi connectivity index (χ4n) is 2.20. The number of halogens is 3. The number of pyridine rings is 2. The van der Waals surface area contributed by atoms with Crippen molar-refractivity contribution in [3.8, 4) is 11.1 Å². The molecule has 0 atom stereocenters. The molecule has 0 saturated heterocycles. The fourth-order valence-corrected chi connectivity index (χ4v) is 2.20. The van der Waals surface area contributed by atoms with Crippen LogP contribution in [0.2, 0.25) is 0 Å². The third-order valence-electron chi connectivity index (χ3n) is 3.31. The second-order valence-electron chi connectivity index (χ2n) is 6.53. The summed E-state index contributed by atoms with van der Waals surface area (Å²) < 4.78 is 44.0. The standard InChI is InChI=1S/C17H18F3N3O3/c1-16(2,3)26-15(25)23(4)11-6-8-22-14(24)13(11)10-5-7-21-12(9-10)17(18,19)20/h5-9H,1-4H3,(H,22,24). The first-order valence-electron chi connectivity index (χ1n) is 7.62. The summed E-state index contributed by atoms with van der Waals surface area (Å²) in [5, 5.41) is 0. The zero-order valence-corrected chi connectivity index (χ0v) is 14.6. The molecule has 2 rings (SSSR count). The van der Waals surface area contributed by atoms with Gasteiger partial charge in [-0.1, -0.05) is 0 Å². The van der Waals surface area contributed by atoms with Gasteiger partial charge in [-0.2, -0.15) is 13.2 Å². The van der Waals surface area contributed by atoms with E-state index in [1.165, 1.54) is 25.4 Å². The maximum atomic E-state index is 12.9. The van der Waals surface area contributed by atoms with Gasteiger partial charge in [0.25, 0.3) is 5.56 Å².